The zero-order valence-electron chi connectivity index (χ0n) is 14.6. The fourth-order valence-electron chi connectivity index (χ4n) is 3.51. The van der Waals surface area contributed by atoms with Crippen LogP contribution < -0.4 is 0 Å². The van der Waals surface area contributed by atoms with Crippen LogP contribution in [-0.2, 0) is 0 Å². The molecular weight excluding hydrogens is 267 g/mol. The average molecular weight is 306 g/mol. The van der Waals surface area contributed by atoms with Crippen LogP contribution >= 0.6 is 7.06 Å². The fourth-order valence-corrected chi connectivity index (χ4v) is 7.55. The van der Waals surface area contributed by atoms with Crippen molar-refractivity contribution in [3.8, 4) is 0 Å². The van der Waals surface area contributed by atoms with Gasteiger partial charge in [-0.15, -0.1) is 0 Å². The van der Waals surface area contributed by atoms with Crippen LogP contribution in [0.5, 0.6) is 0 Å². The maximum absolute atomic E-state index is 11.2. The molecular formula is C17H39O2P. The van der Waals surface area contributed by atoms with Crippen molar-refractivity contribution < 1.29 is 9.79 Å². The van der Waals surface area contributed by atoms with E-state index in [1.54, 1.807) is 0 Å². The Morgan fingerprint density at radius 3 is 1.30 bits per heavy atom. The van der Waals surface area contributed by atoms with Crippen LogP contribution in [-0.4, -0.2) is 27.8 Å². The van der Waals surface area contributed by atoms with Crippen molar-refractivity contribution in [1.82, 2.24) is 0 Å². The van der Waals surface area contributed by atoms with Crippen LogP contribution in [0.4, 0.5) is 0 Å². The van der Waals surface area contributed by atoms with Crippen molar-refractivity contribution in [3.63, 3.8) is 0 Å². The van der Waals surface area contributed by atoms with Crippen LogP contribution in [0.3, 0.4) is 0 Å². The summed E-state index contributed by atoms with van der Waals surface area (Å²) in [6.45, 7) is 10.4. The van der Waals surface area contributed by atoms with E-state index in [1.165, 1.54) is 25.7 Å². The average Bonchev–Trinajstić information content (AvgIpc) is 2.38. The summed E-state index contributed by atoms with van der Waals surface area (Å²) in [6.07, 6.45) is 10.8. The summed E-state index contributed by atoms with van der Waals surface area (Å²) in [7, 11) is -3.54. The zero-order chi connectivity index (χ0) is 15.7. The molecule has 0 radical (unpaired) electrons. The first-order valence-electron chi connectivity index (χ1n) is 8.83. The third kappa shape index (κ3) is 6.00. The van der Waals surface area contributed by atoms with E-state index < -0.39 is 7.06 Å². The first-order valence-corrected chi connectivity index (χ1v) is 11.6. The van der Waals surface area contributed by atoms with Crippen LogP contribution in [0.15, 0.2) is 0 Å². The van der Waals surface area contributed by atoms with Crippen molar-refractivity contribution >= 4 is 7.06 Å². The molecule has 0 bridgehead atoms. The molecule has 2 N–H and O–H groups in total. The minimum atomic E-state index is -3.54. The molecule has 0 aromatic rings. The van der Waals surface area contributed by atoms with Gasteiger partial charge in [0.1, 0.15) is 0 Å². The Kier molecular flexibility index (Phi) is 9.55. The standard InChI is InChI=1S/C17H39O2P/c1-6-10-12-14-16(8-3)20(5,18,19)17(9-4)15-13-11-7-2/h16-19H,6-15H2,1-5H3. The Labute approximate surface area is 127 Å². The van der Waals surface area contributed by atoms with Gasteiger partial charge in [0.15, 0.2) is 0 Å². The Morgan fingerprint density at radius 2 is 1.05 bits per heavy atom. The second-order valence-corrected chi connectivity index (χ2v) is 11.4. The predicted molar refractivity (Wildman–Crippen MR) is 93.7 cm³/mol. The molecule has 0 aromatic carbocycles. The maximum atomic E-state index is 11.2. The van der Waals surface area contributed by atoms with Crippen LogP contribution in [0.1, 0.15) is 91.9 Å². The van der Waals surface area contributed by atoms with E-state index in [2.05, 4.69) is 27.7 Å². The molecule has 0 heterocycles. The summed E-state index contributed by atoms with van der Waals surface area (Å²) >= 11 is 0. The van der Waals surface area contributed by atoms with Gasteiger partial charge in [-0.05, 0) is 0 Å². The molecule has 0 aliphatic rings. The van der Waals surface area contributed by atoms with E-state index in [-0.39, 0.29) is 11.3 Å². The molecule has 20 heavy (non-hydrogen) atoms. The van der Waals surface area contributed by atoms with Crippen LogP contribution in [0, 0.1) is 0 Å². The number of hydrogen-bond acceptors (Lipinski definition) is 2. The molecule has 0 rings (SSSR count). The van der Waals surface area contributed by atoms with Gasteiger partial charge in [-0.2, -0.15) is 0 Å². The first kappa shape index (κ1) is 20.3. The monoisotopic (exact) mass is 306 g/mol. The van der Waals surface area contributed by atoms with Gasteiger partial charge in [0, 0.05) is 0 Å². The van der Waals surface area contributed by atoms with Gasteiger partial charge in [-0.3, -0.25) is 0 Å². The SMILES string of the molecule is CCCCCC(CC)P(C)(O)(O)C(CC)CCCCC. The second-order valence-electron chi connectivity index (χ2n) is 6.73. The van der Waals surface area contributed by atoms with Crippen LogP contribution in [0.25, 0.3) is 0 Å². The summed E-state index contributed by atoms with van der Waals surface area (Å²) in [6, 6.07) is 0. The van der Waals surface area contributed by atoms with E-state index in [0.29, 0.717) is 0 Å². The molecule has 0 spiro atoms. The Hall–Kier alpha value is 0.350. The van der Waals surface area contributed by atoms with E-state index in [1.807, 2.05) is 6.66 Å². The second kappa shape index (κ2) is 9.38. The predicted octanol–water partition coefficient (Wildman–Crippen LogP) is 5.70. The summed E-state index contributed by atoms with van der Waals surface area (Å²) in [5, 5.41) is 0. The van der Waals surface area contributed by atoms with Gasteiger partial charge in [0.2, 0.25) is 0 Å². The summed E-state index contributed by atoms with van der Waals surface area (Å²) in [5.41, 5.74) is 0.221. The van der Waals surface area contributed by atoms with E-state index >= 15 is 0 Å². The Morgan fingerprint density at radius 1 is 0.700 bits per heavy atom. The summed E-state index contributed by atoms with van der Waals surface area (Å²) in [5.74, 6) is 0. The number of hydrogen-bond donors (Lipinski definition) is 2. The molecule has 0 saturated carbocycles. The molecule has 2 unspecified atom stereocenters. The topological polar surface area (TPSA) is 40.5 Å². The molecule has 2 atom stereocenters. The first-order chi connectivity index (χ1) is 9.32. The van der Waals surface area contributed by atoms with Crippen LogP contribution in [0.2, 0.25) is 0 Å². The fraction of sp³-hybridized carbons (Fsp3) is 1.00. The summed E-state index contributed by atoms with van der Waals surface area (Å²) < 4.78 is 0. The van der Waals surface area contributed by atoms with Gasteiger partial charge in [-0.25, -0.2) is 0 Å². The normalized spacial score (nSPS) is 17.4. The van der Waals surface area contributed by atoms with Gasteiger partial charge in [0.05, 0.1) is 0 Å². The number of unbranched alkanes of at least 4 members (excludes halogenated alkanes) is 4. The van der Waals surface area contributed by atoms with Crippen molar-refractivity contribution in [2.24, 2.45) is 0 Å². The van der Waals surface area contributed by atoms with Crippen molar-refractivity contribution in [2.45, 2.75) is 103 Å². The third-order valence-electron chi connectivity index (χ3n) is 5.03. The third-order valence-corrected chi connectivity index (χ3v) is 9.89. The Balaban J connectivity index is 4.82. The molecule has 0 aromatic heterocycles. The van der Waals surface area contributed by atoms with Crippen molar-refractivity contribution in [1.29, 1.82) is 0 Å². The minimum absolute atomic E-state index is 0.110. The molecule has 0 amide bonds. The molecule has 0 aliphatic heterocycles. The molecule has 2 nitrogen and oxygen atoms in total. The quantitative estimate of drug-likeness (QED) is 0.358. The molecule has 0 fully saturated rings. The number of rotatable bonds is 12. The van der Waals surface area contributed by atoms with E-state index in [4.69, 9.17) is 0 Å². The van der Waals surface area contributed by atoms with Gasteiger partial charge in [-0.1, -0.05) is 0 Å². The Bertz CT molecular complexity index is 223. The molecule has 124 valence electrons. The summed E-state index contributed by atoms with van der Waals surface area (Å²) in [4.78, 5) is 22.4. The van der Waals surface area contributed by atoms with Gasteiger partial charge >= 0.3 is 127 Å². The van der Waals surface area contributed by atoms with E-state index in [0.717, 1.165) is 38.5 Å². The van der Waals surface area contributed by atoms with Gasteiger partial charge in [0.25, 0.3) is 0 Å². The van der Waals surface area contributed by atoms with Gasteiger partial charge < -0.3 is 0 Å². The molecule has 3 heteroatoms. The molecule has 0 aliphatic carbocycles. The van der Waals surface area contributed by atoms with Crippen molar-refractivity contribution in [3.05, 3.63) is 0 Å². The molecule has 0 saturated heterocycles. The van der Waals surface area contributed by atoms with E-state index in [9.17, 15) is 9.79 Å². The zero-order valence-corrected chi connectivity index (χ0v) is 15.5. The van der Waals surface area contributed by atoms with Crippen molar-refractivity contribution in [2.75, 3.05) is 6.66 Å².